The molecule has 0 aromatic carbocycles. The second-order valence-electron chi connectivity index (χ2n) is 2.56. The predicted octanol–water partition coefficient (Wildman–Crippen LogP) is -0.862. The number of likely N-dealkylation sites (tertiary alicyclic amines) is 1. The molecule has 0 aliphatic carbocycles. The molecule has 0 atom stereocenters. The van der Waals surface area contributed by atoms with Crippen LogP contribution in [0.15, 0.2) is 0 Å². The van der Waals surface area contributed by atoms with Gasteiger partial charge in [0, 0.05) is 19.6 Å². The van der Waals surface area contributed by atoms with E-state index in [1.54, 1.807) is 0 Å². The number of carboxylic acid groups (broad SMARTS) is 1. The van der Waals surface area contributed by atoms with Crippen LogP contribution in [0.2, 0.25) is 0 Å². The maximum atomic E-state index is 10.0. The third-order valence-corrected chi connectivity index (χ3v) is 1.58. The van der Waals surface area contributed by atoms with E-state index in [4.69, 9.17) is 10.2 Å². The Morgan fingerprint density at radius 3 is 2.60 bits per heavy atom. The summed E-state index contributed by atoms with van der Waals surface area (Å²) in [5, 5.41) is 17.1. The maximum Gasteiger partial charge on any atom is 0.304 e. The van der Waals surface area contributed by atoms with E-state index in [0.29, 0.717) is 19.6 Å². The van der Waals surface area contributed by atoms with Gasteiger partial charge in [0.25, 0.3) is 0 Å². The van der Waals surface area contributed by atoms with Crippen molar-refractivity contribution >= 4 is 5.97 Å². The highest BCUT2D eigenvalue weighted by Crippen LogP contribution is 2.06. The lowest BCUT2D eigenvalue weighted by Crippen LogP contribution is -2.51. The molecule has 1 saturated heterocycles. The van der Waals surface area contributed by atoms with Crippen molar-refractivity contribution in [3.8, 4) is 0 Å². The van der Waals surface area contributed by atoms with Crippen molar-refractivity contribution in [2.45, 2.75) is 12.5 Å². The number of aliphatic hydroxyl groups excluding tert-OH is 1. The Hall–Kier alpha value is -0.610. The number of β-amino-alcohol motifs (C(OH)–C–C–N with tert-alkyl or cyclic N) is 1. The summed E-state index contributed by atoms with van der Waals surface area (Å²) in [6, 6.07) is 0. The van der Waals surface area contributed by atoms with Gasteiger partial charge in [-0.05, 0) is 0 Å². The molecule has 1 heterocycles. The molecule has 1 aliphatic rings. The van der Waals surface area contributed by atoms with E-state index < -0.39 is 5.97 Å². The zero-order chi connectivity index (χ0) is 7.56. The smallest absolute Gasteiger partial charge is 0.304 e. The molecule has 4 nitrogen and oxygen atoms in total. The van der Waals surface area contributed by atoms with Crippen LogP contribution < -0.4 is 0 Å². The van der Waals surface area contributed by atoms with Crippen LogP contribution in [-0.4, -0.2) is 46.8 Å². The summed E-state index contributed by atoms with van der Waals surface area (Å²) in [7, 11) is 0. The van der Waals surface area contributed by atoms with Crippen LogP contribution in [0.1, 0.15) is 6.42 Å². The summed E-state index contributed by atoms with van der Waals surface area (Å²) < 4.78 is 0. The van der Waals surface area contributed by atoms with Crippen molar-refractivity contribution in [1.82, 2.24) is 4.90 Å². The fourth-order valence-corrected chi connectivity index (χ4v) is 0.979. The topological polar surface area (TPSA) is 60.8 Å². The van der Waals surface area contributed by atoms with Gasteiger partial charge in [-0.25, -0.2) is 0 Å². The number of rotatable bonds is 3. The normalized spacial score (nSPS) is 20.5. The SMILES string of the molecule is O=C(O)CCN1CC(O)C1. The molecule has 2 N–H and O–H groups in total. The quantitative estimate of drug-likeness (QED) is 0.542. The van der Waals surface area contributed by atoms with Crippen LogP contribution in [0.3, 0.4) is 0 Å². The molecule has 4 heteroatoms. The second kappa shape index (κ2) is 2.98. The highest BCUT2D eigenvalue weighted by atomic mass is 16.4. The summed E-state index contributed by atoms with van der Waals surface area (Å²) in [5.41, 5.74) is 0. The largest absolute Gasteiger partial charge is 0.481 e. The Morgan fingerprint density at radius 2 is 2.20 bits per heavy atom. The van der Waals surface area contributed by atoms with Crippen LogP contribution in [0.4, 0.5) is 0 Å². The molecule has 0 aromatic heterocycles. The van der Waals surface area contributed by atoms with Gasteiger partial charge in [0.2, 0.25) is 0 Å². The van der Waals surface area contributed by atoms with Crippen molar-refractivity contribution in [3.05, 3.63) is 0 Å². The zero-order valence-corrected chi connectivity index (χ0v) is 5.66. The van der Waals surface area contributed by atoms with Gasteiger partial charge in [-0.1, -0.05) is 0 Å². The molecule has 0 spiro atoms. The number of carboxylic acids is 1. The second-order valence-corrected chi connectivity index (χ2v) is 2.56. The molecule has 1 fully saturated rings. The third-order valence-electron chi connectivity index (χ3n) is 1.58. The Balaban J connectivity index is 2.00. The first kappa shape index (κ1) is 7.50. The molecule has 0 bridgehead atoms. The van der Waals surface area contributed by atoms with Gasteiger partial charge in [-0.15, -0.1) is 0 Å². The van der Waals surface area contributed by atoms with Crippen LogP contribution in [0.25, 0.3) is 0 Å². The highest BCUT2D eigenvalue weighted by molar-refractivity contribution is 5.66. The van der Waals surface area contributed by atoms with Gasteiger partial charge in [-0.3, -0.25) is 9.69 Å². The Bertz CT molecular complexity index is 131. The summed E-state index contributed by atoms with van der Waals surface area (Å²) >= 11 is 0. The molecule has 1 rings (SSSR count). The van der Waals surface area contributed by atoms with E-state index in [1.165, 1.54) is 0 Å². The van der Waals surface area contributed by atoms with Crippen LogP contribution in [0.5, 0.6) is 0 Å². The predicted molar refractivity (Wildman–Crippen MR) is 34.7 cm³/mol. The summed E-state index contributed by atoms with van der Waals surface area (Å²) in [6.07, 6.45) is -0.0546. The van der Waals surface area contributed by atoms with Crippen LogP contribution >= 0.6 is 0 Å². The monoisotopic (exact) mass is 145 g/mol. The first-order valence-corrected chi connectivity index (χ1v) is 3.30. The van der Waals surface area contributed by atoms with Crippen molar-refractivity contribution in [1.29, 1.82) is 0 Å². The molecule has 58 valence electrons. The standard InChI is InChI=1S/C6H11NO3/c8-5-3-7(4-5)2-1-6(9)10/h5,8H,1-4H2,(H,9,10). The van der Waals surface area contributed by atoms with E-state index in [9.17, 15) is 4.79 Å². The van der Waals surface area contributed by atoms with E-state index >= 15 is 0 Å². The van der Waals surface area contributed by atoms with E-state index in [2.05, 4.69) is 0 Å². The van der Waals surface area contributed by atoms with Gasteiger partial charge in [0.15, 0.2) is 0 Å². The summed E-state index contributed by atoms with van der Waals surface area (Å²) in [6.45, 7) is 1.83. The molecule has 10 heavy (non-hydrogen) atoms. The van der Waals surface area contributed by atoms with Crippen molar-refractivity contribution < 1.29 is 15.0 Å². The molecular formula is C6H11NO3. The minimum atomic E-state index is -0.776. The van der Waals surface area contributed by atoms with E-state index in [-0.39, 0.29) is 12.5 Å². The molecule has 1 aliphatic heterocycles. The summed E-state index contributed by atoms with van der Waals surface area (Å²) in [5.74, 6) is -0.776. The number of carbonyl (C=O) groups is 1. The van der Waals surface area contributed by atoms with Gasteiger partial charge in [0.05, 0.1) is 12.5 Å². The summed E-state index contributed by atoms with van der Waals surface area (Å²) in [4.78, 5) is 12.0. The Morgan fingerprint density at radius 1 is 1.60 bits per heavy atom. The Kier molecular flexibility index (Phi) is 2.24. The fraction of sp³-hybridized carbons (Fsp3) is 0.833. The lowest BCUT2D eigenvalue weighted by molar-refractivity contribution is -0.138. The number of aliphatic carboxylic acids is 1. The van der Waals surface area contributed by atoms with Crippen LogP contribution in [-0.2, 0) is 4.79 Å². The van der Waals surface area contributed by atoms with Gasteiger partial charge >= 0.3 is 5.97 Å². The van der Waals surface area contributed by atoms with Gasteiger partial charge in [0.1, 0.15) is 0 Å². The number of nitrogens with zero attached hydrogens (tertiary/aromatic N) is 1. The highest BCUT2D eigenvalue weighted by Gasteiger charge is 2.23. The Labute approximate surface area is 59.1 Å². The third kappa shape index (κ3) is 1.97. The molecule has 0 radical (unpaired) electrons. The first-order chi connectivity index (χ1) is 4.68. The van der Waals surface area contributed by atoms with E-state index in [0.717, 1.165) is 0 Å². The molecular weight excluding hydrogens is 134 g/mol. The molecule has 0 saturated carbocycles. The minimum absolute atomic E-state index is 0.173. The van der Waals surface area contributed by atoms with Gasteiger partial charge < -0.3 is 10.2 Å². The lowest BCUT2D eigenvalue weighted by Gasteiger charge is -2.35. The molecule has 0 amide bonds. The average molecular weight is 145 g/mol. The lowest BCUT2D eigenvalue weighted by atomic mass is 10.1. The van der Waals surface area contributed by atoms with E-state index in [1.807, 2.05) is 4.90 Å². The van der Waals surface area contributed by atoms with Gasteiger partial charge in [-0.2, -0.15) is 0 Å². The van der Waals surface area contributed by atoms with Crippen molar-refractivity contribution in [3.63, 3.8) is 0 Å². The zero-order valence-electron chi connectivity index (χ0n) is 5.66. The molecule has 0 aromatic rings. The maximum absolute atomic E-state index is 10.0. The number of aliphatic hydroxyl groups is 1. The van der Waals surface area contributed by atoms with Crippen molar-refractivity contribution in [2.24, 2.45) is 0 Å². The van der Waals surface area contributed by atoms with Crippen molar-refractivity contribution in [2.75, 3.05) is 19.6 Å². The fourth-order valence-electron chi connectivity index (χ4n) is 0.979. The minimum Gasteiger partial charge on any atom is -0.481 e. The molecule has 0 unspecified atom stereocenters. The number of hydrogen-bond donors (Lipinski definition) is 2. The van der Waals surface area contributed by atoms with Crippen LogP contribution in [0, 0.1) is 0 Å². The number of hydrogen-bond acceptors (Lipinski definition) is 3. The first-order valence-electron chi connectivity index (χ1n) is 3.30. The average Bonchev–Trinajstić information content (AvgIpc) is 1.77.